The molecule has 2 rings (SSSR count). The molecule has 1 fully saturated rings. The van der Waals surface area contributed by atoms with Crippen molar-refractivity contribution in [2.24, 2.45) is 5.92 Å². The van der Waals surface area contributed by atoms with Crippen molar-refractivity contribution in [1.29, 1.82) is 0 Å². The number of carbonyl (C=O) groups is 2. The molecular formula is C14H16O3. The minimum absolute atomic E-state index is 0.0433. The Hall–Kier alpha value is -1.64. The molecule has 90 valence electrons. The highest BCUT2D eigenvalue weighted by atomic mass is 16.5. The van der Waals surface area contributed by atoms with Gasteiger partial charge in [-0.05, 0) is 25.8 Å². The Morgan fingerprint density at radius 2 is 2.00 bits per heavy atom. The normalized spacial score (nSPS) is 26.4. The first-order valence-corrected chi connectivity index (χ1v) is 5.86. The number of esters is 1. The zero-order chi connectivity index (χ0) is 12.5. The van der Waals surface area contributed by atoms with Crippen LogP contribution < -0.4 is 0 Å². The van der Waals surface area contributed by atoms with E-state index in [1.807, 2.05) is 30.3 Å². The number of hydrogen-bond acceptors (Lipinski definition) is 3. The third-order valence-corrected chi connectivity index (χ3v) is 3.45. The molecule has 0 radical (unpaired) electrons. The first kappa shape index (κ1) is 11.8. The molecule has 1 aromatic rings. The summed E-state index contributed by atoms with van der Waals surface area (Å²) >= 11 is 0. The second kappa shape index (κ2) is 4.32. The standard InChI is InChI=1S/C14H16O3/c1-3-17-13(16)12-9-14(12,10(2)15)11-7-5-4-6-8-11/h4-8,12H,3,9H2,1-2H3/t12-,14+/m0/s1. The summed E-state index contributed by atoms with van der Waals surface area (Å²) < 4.78 is 5.00. The smallest absolute Gasteiger partial charge is 0.310 e. The molecule has 1 aliphatic carbocycles. The molecule has 0 heterocycles. The predicted octanol–water partition coefficient (Wildman–Crippen LogP) is 2.10. The van der Waals surface area contributed by atoms with Gasteiger partial charge < -0.3 is 4.74 Å². The molecule has 1 saturated carbocycles. The fourth-order valence-corrected chi connectivity index (χ4v) is 2.44. The van der Waals surface area contributed by atoms with Crippen molar-refractivity contribution >= 4 is 11.8 Å². The molecule has 0 amide bonds. The molecule has 0 unspecified atom stereocenters. The summed E-state index contributed by atoms with van der Waals surface area (Å²) in [4.78, 5) is 23.6. The van der Waals surface area contributed by atoms with Crippen LogP contribution in [0.2, 0.25) is 0 Å². The summed E-state index contributed by atoms with van der Waals surface area (Å²) in [6.45, 7) is 3.68. The molecule has 0 aliphatic heterocycles. The van der Waals surface area contributed by atoms with E-state index in [2.05, 4.69) is 0 Å². The molecule has 0 N–H and O–H groups in total. The summed E-state index contributed by atoms with van der Waals surface area (Å²) in [6, 6.07) is 9.49. The molecule has 1 aliphatic rings. The second-order valence-corrected chi connectivity index (χ2v) is 4.40. The first-order valence-electron chi connectivity index (χ1n) is 5.86. The van der Waals surface area contributed by atoms with Gasteiger partial charge in [-0.1, -0.05) is 30.3 Å². The van der Waals surface area contributed by atoms with E-state index in [0.717, 1.165) is 5.56 Å². The van der Waals surface area contributed by atoms with Crippen molar-refractivity contribution in [2.45, 2.75) is 25.7 Å². The van der Waals surface area contributed by atoms with Crippen LogP contribution in [0, 0.1) is 5.92 Å². The van der Waals surface area contributed by atoms with Crippen LogP contribution in [0.1, 0.15) is 25.8 Å². The minimum atomic E-state index is -0.631. The van der Waals surface area contributed by atoms with E-state index in [-0.39, 0.29) is 17.7 Å². The Morgan fingerprint density at radius 3 is 2.53 bits per heavy atom. The average Bonchev–Trinajstić information content (AvgIpc) is 3.07. The fraction of sp³-hybridized carbons (Fsp3) is 0.429. The molecule has 0 saturated heterocycles. The van der Waals surface area contributed by atoms with Gasteiger partial charge in [-0.15, -0.1) is 0 Å². The third kappa shape index (κ3) is 1.86. The quantitative estimate of drug-likeness (QED) is 0.747. The number of ether oxygens (including phenoxy) is 1. The van der Waals surface area contributed by atoms with Gasteiger partial charge in [-0.3, -0.25) is 9.59 Å². The summed E-state index contributed by atoms with van der Waals surface area (Å²) in [7, 11) is 0. The van der Waals surface area contributed by atoms with E-state index >= 15 is 0 Å². The Bertz CT molecular complexity index is 438. The van der Waals surface area contributed by atoms with Crippen molar-refractivity contribution < 1.29 is 14.3 Å². The molecule has 0 bridgehead atoms. The molecule has 3 nitrogen and oxygen atoms in total. The van der Waals surface area contributed by atoms with Crippen LogP contribution in [0.3, 0.4) is 0 Å². The molecular weight excluding hydrogens is 216 g/mol. The van der Waals surface area contributed by atoms with Crippen LogP contribution in [-0.2, 0) is 19.7 Å². The van der Waals surface area contributed by atoms with Crippen LogP contribution in [0.15, 0.2) is 30.3 Å². The zero-order valence-corrected chi connectivity index (χ0v) is 10.1. The van der Waals surface area contributed by atoms with Crippen molar-refractivity contribution in [3.63, 3.8) is 0 Å². The van der Waals surface area contributed by atoms with Gasteiger partial charge in [-0.25, -0.2) is 0 Å². The SMILES string of the molecule is CCOC(=O)[C@@H]1C[C@@]1(C(C)=O)c1ccccc1. The van der Waals surface area contributed by atoms with Crippen LogP contribution in [0.25, 0.3) is 0 Å². The summed E-state index contributed by atoms with van der Waals surface area (Å²) in [6.07, 6.45) is 0.575. The van der Waals surface area contributed by atoms with Gasteiger partial charge in [0.2, 0.25) is 0 Å². The first-order chi connectivity index (χ1) is 8.13. The van der Waals surface area contributed by atoms with E-state index in [4.69, 9.17) is 4.74 Å². The van der Waals surface area contributed by atoms with Crippen molar-refractivity contribution in [3.8, 4) is 0 Å². The lowest BCUT2D eigenvalue weighted by molar-refractivity contribution is -0.146. The van der Waals surface area contributed by atoms with Gasteiger partial charge in [0.05, 0.1) is 17.9 Å². The molecule has 17 heavy (non-hydrogen) atoms. The highest BCUT2D eigenvalue weighted by Crippen LogP contribution is 2.55. The fourth-order valence-electron chi connectivity index (χ4n) is 2.44. The number of carbonyl (C=O) groups excluding carboxylic acids is 2. The average molecular weight is 232 g/mol. The van der Waals surface area contributed by atoms with Gasteiger partial charge in [0.25, 0.3) is 0 Å². The van der Waals surface area contributed by atoms with E-state index in [9.17, 15) is 9.59 Å². The number of ketones is 1. The van der Waals surface area contributed by atoms with Crippen molar-refractivity contribution in [3.05, 3.63) is 35.9 Å². The summed E-state index contributed by atoms with van der Waals surface area (Å²) in [5.41, 5.74) is 0.290. The van der Waals surface area contributed by atoms with Crippen LogP contribution in [0.4, 0.5) is 0 Å². The van der Waals surface area contributed by atoms with Gasteiger partial charge in [0.15, 0.2) is 0 Å². The van der Waals surface area contributed by atoms with Crippen LogP contribution in [-0.4, -0.2) is 18.4 Å². The van der Waals surface area contributed by atoms with Crippen molar-refractivity contribution in [2.75, 3.05) is 6.61 Å². The summed E-state index contributed by atoms with van der Waals surface area (Å²) in [5.74, 6) is -0.518. The lowest BCUT2D eigenvalue weighted by atomic mass is 9.89. The lowest BCUT2D eigenvalue weighted by Crippen LogP contribution is -2.24. The number of Topliss-reactive ketones (excluding diaryl/α,β-unsaturated/α-hetero) is 1. The largest absolute Gasteiger partial charge is 0.466 e. The number of hydrogen-bond donors (Lipinski definition) is 0. The molecule has 2 atom stereocenters. The maximum Gasteiger partial charge on any atom is 0.310 e. The van der Waals surface area contributed by atoms with Crippen LogP contribution >= 0.6 is 0 Å². The molecule has 1 aromatic carbocycles. The number of benzene rings is 1. The molecule has 0 spiro atoms. The maximum absolute atomic E-state index is 11.8. The van der Waals surface area contributed by atoms with Gasteiger partial charge >= 0.3 is 5.97 Å². The molecule has 3 heteroatoms. The van der Waals surface area contributed by atoms with E-state index < -0.39 is 5.41 Å². The van der Waals surface area contributed by atoms with E-state index in [1.54, 1.807) is 13.8 Å². The minimum Gasteiger partial charge on any atom is -0.466 e. The Morgan fingerprint density at radius 1 is 1.35 bits per heavy atom. The van der Waals surface area contributed by atoms with Gasteiger partial charge in [0, 0.05) is 0 Å². The Balaban J connectivity index is 2.27. The highest BCUT2D eigenvalue weighted by molar-refractivity contribution is 5.99. The molecule has 0 aromatic heterocycles. The van der Waals surface area contributed by atoms with Gasteiger partial charge in [0.1, 0.15) is 5.78 Å². The van der Waals surface area contributed by atoms with Gasteiger partial charge in [-0.2, -0.15) is 0 Å². The zero-order valence-electron chi connectivity index (χ0n) is 10.1. The third-order valence-electron chi connectivity index (χ3n) is 3.45. The maximum atomic E-state index is 11.8. The van der Waals surface area contributed by atoms with Crippen LogP contribution in [0.5, 0.6) is 0 Å². The number of rotatable bonds is 4. The highest BCUT2D eigenvalue weighted by Gasteiger charge is 2.63. The monoisotopic (exact) mass is 232 g/mol. The van der Waals surface area contributed by atoms with E-state index in [0.29, 0.717) is 13.0 Å². The summed E-state index contributed by atoms with van der Waals surface area (Å²) in [5, 5.41) is 0. The predicted molar refractivity (Wildman–Crippen MR) is 63.5 cm³/mol. The lowest BCUT2D eigenvalue weighted by Gasteiger charge is -2.13. The van der Waals surface area contributed by atoms with Crippen molar-refractivity contribution in [1.82, 2.24) is 0 Å². The second-order valence-electron chi connectivity index (χ2n) is 4.40. The topological polar surface area (TPSA) is 43.4 Å². The Labute approximate surface area is 101 Å². The Kier molecular flexibility index (Phi) is 3.01. The van der Waals surface area contributed by atoms with E-state index in [1.165, 1.54) is 0 Å².